The zero-order chi connectivity index (χ0) is 15.4. The van der Waals surface area contributed by atoms with E-state index in [0.717, 1.165) is 18.8 Å². The van der Waals surface area contributed by atoms with Crippen LogP contribution in [0, 0.1) is 5.82 Å². The van der Waals surface area contributed by atoms with Gasteiger partial charge in [0.25, 0.3) is 0 Å². The second-order valence-electron chi connectivity index (χ2n) is 5.80. The van der Waals surface area contributed by atoms with Gasteiger partial charge in [-0.1, -0.05) is 19.1 Å². The van der Waals surface area contributed by atoms with E-state index in [1.165, 1.54) is 25.5 Å². The normalized spacial score (nSPS) is 18.9. The molecule has 22 heavy (non-hydrogen) atoms. The summed E-state index contributed by atoms with van der Waals surface area (Å²) in [5.41, 5.74) is 0.515. The number of likely N-dealkylation sites (N-methyl/N-ethyl adjacent to an activating group) is 1. The molecule has 2 heterocycles. The Balaban J connectivity index is 1.55. The molecule has 0 saturated carbocycles. The molecular weight excluding hydrogens is 279 g/mol. The maximum Gasteiger partial charge on any atom is 0.137 e. The van der Waals surface area contributed by atoms with Gasteiger partial charge in [0, 0.05) is 12.6 Å². The molecule has 118 valence electrons. The first-order valence-electron chi connectivity index (χ1n) is 8.06. The highest BCUT2D eigenvalue weighted by Crippen LogP contribution is 2.24. The molecule has 1 atom stereocenters. The van der Waals surface area contributed by atoms with Crippen LogP contribution in [0.4, 0.5) is 4.39 Å². The first-order chi connectivity index (χ1) is 10.8. The van der Waals surface area contributed by atoms with Gasteiger partial charge in [-0.05, 0) is 50.2 Å². The molecule has 0 radical (unpaired) electrons. The van der Waals surface area contributed by atoms with Crippen LogP contribution in [0.25, 0.3) is 11.3 Å². The van der Waals surface area contributed by atoms with Crippen molar-refractivity contribution in [3.63, 3.8) is 0 Å². The zero-order valence-electron chi connectivity index (χ0n) is 13.0. The molecule has 1 fully saturated rings. The average Bonchev–Trinajstić information content (AvgIpc) is 3.17. The molecule has 0 aliphatic carbocycles. The number of furan rings is 1. The van der Waals surface area contributed by atoms with Crippen molar-refractivity contribution < 1.29 is 8.81 Å². The van der Waals surface area contributed by atoms with Crippen molar-refractivity contribution in [1.82, 2.24) is 10.2 Å². The predicted octanol–water partition coefficient (Wildman–Crippen LogP) is 3.66. The number of likely N-dealkylation sites (tertiary alicyclic amines) is 1. The SMILES string of the molecule is CCN1CCC[C@@H]1CNCc1ccc(-c2ccccc2F)o1. The van der Waals surface area contributed by atoms with Gasteiger partial charge in [0.1, 0.15) is 17.3 Å². The Morgan fingerprint density at radius 2 is 2.14 bits per heavy atom. The third-order valence-electron chi connectivity index (χ3n) is 4.39. The molecule has 0 amide bonds. The number of benzene rings is 1. The van der Waals surface area contributed by atoms with Crippen molar-refractivity contribution in [1.29, 1.82) is 0 Å². The van der Waals surface area contributed by atoms with Gasteiger partial charge in [-0.3, -0.25) is 4.90 Å². The minimum Gasteiger partial charge on any atom is -0.460 e. The summed E-state index contributed by atoms with van der Waals surface area (Å²) in [6, 6.07) is 11.1. The summed E-state index contributed by atoms with van der Waals surface area (Å²) in [4.78, 5) is 2.51. The van der Waals surface area contributed by atoms with Crippen LogP contribution in [-0.2, 0) is 6.54 Å². The number of hydrogen-bond donors (Lipinski definition) is 1. The summed E-state index contributed by atoms with van der Waals surface area (Å²) in [5, 5.41) is 3.46. The largest absolute Gasteiger partial charge is 0.460 e. The Hall–Kier alpha value is -1.65. The quantitative estimate of drug-likeness (QED) is 0.882. The monoisotopic (exact) mass is 302 g/mol. The lowest BCUT2D eigenvalue weighted by molar-refractivity contribution is 0.258. The highest BCUT2D eigenvalue weighted by Gasteiger charge is 2.22. The van der Waals surface area contributed by atoms with Gasteiger partial charge in [0.05, 0.1) is 12.1 Å². The van der Waals surface area contributed by atoms with Crippen LogP contribution in [0.5, 0.6) is 0 Å². The summed E-state index contributed by atoms with van der Waals surface area (Å²) in [7, 11) is 0. The van der Waals surface area contributed by atoms with Gasteiger partial charge < -0.3 is 9.73 Å². The molecule has 1 aliphatic rings. The van der Waals surface area contributed by atoms with Gasteiger partial charge >= 0.3 is 0 Å². The Labute approximate surface area is 131 Å². The van der Waals surface area contributed by atoms with E-state index in [4.69, 9.17) is 4.42 Å². The first-order valence-corrected chi connectivity index (χ1v) is 8.06. The summed E-state index contributed by atoms with van der Waals surface area (Å²) in [6.45, 7) is 6.20. The molecule has 2 aromatic rings. The number of rotatable bonds is 6. The van der Waals surface area contributed by atoms with Crippen LogP contribution in [0.2, 0.25) is 0 Å². The second-order valence-corrected chi connectivity index (χ2v) is 5.80. The maximum absolute atomic E-state index is 13.7. The van der Waals surface area contributed by atoms with Gasteiger partial charge in [0.2, 0.25) is 0 Å². The molecule has 1 N–H and O–H groups in total. The smallest absolute Gasteiger partial charge is 0.137 e. The van der Waals surface area contributed by atoms with Crippen molar-refractivity contribution in [2.45, 2.75) is 32.4 Å². The van der Waals surface area contributed by atoms with E-state index >= 15 is 0 Å². The fourth-order valence-corrected chi connectivity index (χ4v) is 3.18. The lowest BCUT2D eigenvalue weighted by Gasteiger charge is -2.22. The fraction of sp³-hybridized carbons (Fsp3) is 0.444. The molecule has 1 saturated heterocycles. The first kappa shape index (κ1) is 15.3. The van der Waals surface area contributed by atoms with Crippen LogP contribution in [0.15, 0.2) is 40.8 Å². The molecule has 3 rings (SSSR count). The third-order valence-corrected chi connectivity index (χ3v) is 4.39. The van der Waals surface area contributed by atoms with Crippen LogP contribution in [0.1, 0.15) is 25.5 Å². The molecular formula is C18H23FN2O. The van der Waals surface area contributed by atoms with E-state index in [9.17, 15) is 4.39 Å². The molecule has 1 aromatic carbocycles. The van der Waals surface area contributed by atoms with E-state index in [2.05, 4.69) is 17.1 Å². The number of nitrogens with zero attached hydrogens (tertiary/aromatic N) is 1. The molecule has 0 bridgehead atoms. The van der Waals surface area contributed by atoms with Crippen LogP contribution in [-0.4, -0.2) is 30.6 Å². The van der Waals surface area contributed by atoms with Crippen molar-refractivity contribution >= 4 is 0 Å². The molecule has 4 heteroatoms. The molecule has 1 aliphatic heterocycles. The average molecular weight is 302 g/mol. The minimum atomic E-state index is -0.249. The van der Waals surface area contributed by atoms with Crippen molar-refractivity contribution in [3.05, 3.63) is 48.0 Å². The standard InChI is InChI=1S/C18H23FN2O/c1-2-21-11-5-6-14(21)12-20-13-15-9-10-18(22-15)16-7-3-4-8-17(16)19/h3-4,7-10,14,20H,2,5-6,11-13H2,1H3/t14-/m1/s1. The van der Waals surface area contributed by atoms with Gasteiger partial charge in [0.15, 0.2) is 0 Å². The van der Waals surface area contributed by atoms with Crippen LogP contribution < -0.4 is 5.32 Å². The summed E-state index contributed by atoms with van der Waals surface area (Å²) < 4.78 is 19.5. The Bertz CT molecular complexity index is 611. The van der Waals surface area contributed by atoms with E-state index < -0.39 is 0 Å². The second kappa shape index (κ2) is 7.07. The van der Waals surface area contributed by atoms with Crippen molar-refractivity contribution in [3.8, 4) is 11.3 Å². The number of nitrogens with one attached hydrogen (secondary N) is 1. The summed E-state index contributed by atoms with van der Waals surface area (Å²) in [6.07, 6.45) is 2.55. The lowest BCUT2D eigenvalue weighted by atomic mass is 10.1. The molecule has 0 unspecified atom stereocenters. The van der Waals surface area contributed by atoms with Gasteiger partial charge in [-0.15, -0.1) is 0 Å². The topological polar surface area (TPSA) is 28.4 Å². The van der Waals surface area contributed by atoms with Crippen LogP contribution in [0.3, 0.4) is 0 Å². The molecule has 0 spiro atoms. The van der Waals surface area contributed by atoms with E-state index in [0.29, 0.717) is 23.9 Å². The summed E-state index contributed by atoms with van der Waals surface area (Å²) >= 11 is 0. The highest BCUT2D eigenvalue weighted by molar-refractivity contribution is 5.58. The number of hydrogen-bond acceptors (Lipinski definition) is 3. The third kappa shape index (κ3) is 3.39. The maximum atomic E-state index is 13.7. The Morgan fingerprint density at radius 1 is 1.27 bits per heavy atom. The van der Waals surface area contributed by atoms with Gasteiger partial charge in [-0.2, -0.15) is 0 Å². The van der Waals surface area contributed by atoms with E-state index in [-0.39, 0.29) is 5.82 Å². The predicted molar refractivity (Wildman–Crippen MR) is 86.1 cm³/mol. The van der Waals surface area contributed by atoms with E-state index in [1.54, 1.807) is 12.1 Å². The van der Waals surface area contributed by atoms with Crippen molar-refractivity contribution in [2.24, 2.45) is 0 Å². The summed E-state index contributed by atoms with van der Waals surface area (Å²) in [5.74, 6) is 1.19. The molecule has 3 nitrogen and oxygen atoms in total. The van der Waals surface area contributed by atoms with Gasteiger partial charge in [-0.25, -0.2) is 4.39 Å². The zero-order valence-corrected chi connectivity index (χ0v) is 13.0. The van der Waals surface area contributed by atoms with Crippen molar-refractivity contribution in [2.75, 3.05) is 19.6 Å². The lowest BCUT2D eigenvalue weighted by Crippen LogP contribution is -2.37. The Morgan fingerprint density at radius 3 is 2.95 bits per heavy atom. The molecule has 1 aromatic heterocycles. The highest BCUT2D eigenvalue weighted by atomic mass is 19.1. The Kier molecular flexibility index (Phi) is 4.90. The minimum absolute atomic E-state index is 0.249. The fourth-order valence-electron chi connectivity index (χ4n) is 3.18. The number of halogens is 1. The van der Waals surface area contributed by atoms with Crippen LogP contribution >= 0.6 is 0 Å². The van der Waals surface area contributed by atoms with E-state index in [1.807, 2.05) is 18.2 Å².